The number of hydrogen-bond donors (Lipinski definition) is 2. The average Bonchev–Trinajstić information content (AvgIpc) is 2.23. The monoisotopic (exact) mass is 246 g/mol. The molecule has 6 heteroatoms. The van der Waals surface area contributed by atoms with Crippen molar-refractivity contribution in [1.29, 1.82) is 0 Å². The van der Waals surface area contributed by atoms with Crippen LogP contribution in [0.5, 0.6) is 0 Å². The van der Waals surface area contributed by atoms with Gasteiger partial charge in [0.05, 0.1) is 12.8 Å². The van der Waals surface area contributed by atoms with Crippen LogP contribution in [-0.2, 0) is 9.59 Å². The van der Waals surface area contributed by atoms with E-state index < -0.39 is 11.9 Å². The number of hydrogen-bond acceptors (Lipinski definition) is 4. The van der Waals surface area contributed by atoms with Gasteiger partial charge in [-0.1, -0.05) is 0 Å². The number of aliphatic carboxylic acids is 2. The second kappa shape index (κ2) is 8.95. The second-order valence-corrected chi connectivity index (χ2v) is 4.25. The van der Waals surface area contributed by atoms with Crippen molar-refractivity contribution in [1.82, 2.24) is 9.80 Å². The molecule has 2 N–H and O–H groups in total. The summed E-state index contributed by atoms with van der Waals surface area (Å²) < 4.78 is 0. The van der Waals surface area contributed by atoms with Crippen molar-refractivity contribution in [3.63, 3.8) is 0 Å². The highest BCUT2D eigenvalue weighted by molar-refractivity contribution is 5.67. The standard InChI is InChI=1S/C11H22N2O4/c1-12(8-4-10(14)15)6-3-7-13(2)9-5-11(16)17/h3-9H2,1-2H3,(H,14,15)(H,16,17). The van der Waals surface area contributed by atoms with Crippen LogP contribution in [0.25, 0.3) is 0 Å². The van der Waals surface area contributed by atoms with E-state index in [-0.39, 0.29) is 12.8 Å². The van der Waals surface area contributed by atoms with E-state index in [1.54, 1.807) is 0 Å². The first-order chi connectivity index (χ1) is 7.91. The molecule has 0 rings (SSSR count). The summed E-state index contributed by atoms with van der Waals surface area (Å²) in [7, 11) is 3.78. The van der Waals surface area contributed by atoms with Crippen LogP contribution in [0, 0.1) is 0 Å². The summed E-state index contributed by atoms with van der Waals surface area (Å²) in [6, 6.07) is 0. The molecule has 0 aliphatic heterocycles. The Morgan fingerprint density at radius 1 is 0.824 bits per heavy atom. The summed E-state index contributed by atoms with van der Waals surface area (Å²) >= 11 is 0. The average molecular weight is 246 g/mol. The minimum Gasteiger partial charge on any atom is -0.481 e. The molecule has 0 saturated heterocycles. The lowest BCUT2D eigenvalue weighted by Crippen LogP contribution is -2.28. The van der Waals surface area contributed by atoms with Crippen LogP contribution in [0.2, 0.25) is 0 Å². The summed E-state index contributed by atoms with van der Waals surface area (Å²) in [5, 5.41) is 17.0. The third-order valence-electron chi connectivity index (χ3n) is 2.49. The first kappa shape index (κ1) is 15.9. The van der Waals surface area contributed by atoms with Crippen LogP contribution < -0.4 is 0 Å². The Kier molecular flexibility index (Phi) is 8.35. The van der Waals surface area contributed by atoms with E-state index in [2.05, 4.69) is 0 Å². The van der Waals surface area contributed by atoms with E-state index >= 15 is 0 Å². The molecule has 0 aromatic carbocycles. The van der Waals surface area contributed by atoms with Crippen LogP contribution in [0.3, 0.4) is 0 Å². The van der Waals surface area contributed by atoms with E-state index in [0.29, 0.717) is 13.1 Å². The number of carboxylic acids is 2. The van der Waals surface area contributed by atoms with Crippen LogP contribution in [0.15, 0.2) is 0 Å². The highest BCUT2D eigenvalue weighted by Gasteiger charge is 2.05. The Hall–Kier alpha value is -1.14. The van der Waals surface area contributed by atoms with Gasteiger partial charge in [0.2, 0.25) is 0 Å². The predicted molar refractivity (Wildman–Crippen MR) is 64.1 cm³/mol. The van der Waals surface area contributed by atoms with E-state index in [4.69, 9.17) is 10.2 Å². The first-order valence-corrected chi connectivity index (χ1v) is 5.72. The fraction of sp³-hybridized carbons (Fsp3) is 0.818. The lowest BCUT2D eigenvalue weighted by molar-refractivity contribution is -0.138. The fourth-order valence-corrected chi connectivity index (χ4v) is 1.41. The van der Waals surface area contributed by atoms with Crippen LogP contribution in [0.4, 0.5) is 0 Å². The maximum Gasteiger partial charge on any atom is 0.304 e. The van der Waals surface area contributed by atoms with Crippen molar-refractivity contribution in [3.8, 4) is 0 Å². The molecular formula is C11H22N2O4. The Morgan fingerprint density at radius 2 is 1.18 bits per heavy atom. The molecule has 0 aromatic heterocycles. The normalized spacial score (nSPS) is 11.1. The van der Waals surface area contributed by atoms with E-state index in [0.717, 1.165) is 19.5 Å². The fourth-order valence-electron chi connectivity index (χ4n) is 1.41. The van der Waals surface area contributed by atoms with Gasteiger partial charge in [0.25, 0.3) is 0 Å². The molecule has 0 aliphatic carbocycles. The number of rotatable bonds is 10. The van der Waals surface area contributed by atoms with Gasteiger partial charge in [-0.25, -0.2) is 0 Å². The van der Waals surface area contributed by atoms with Crippen molar-refractivity contribution in [2.45, 2.75) is 19.3 Å². The van der Waals surface area contributed by atoms with E-state index in [9.17, 15) is 9.59 Å². The molecule has 0 saturated carbocycles. The summed E-state index contributed by atoms with van der Waals surface area (Å²) in [5.41, 5.74) is 0. The van der Waals surface area contributed by atoms with E-state index in [1.807, 2.05) is 23.9 Å². The smallest absolute Gasteiger partial charge is 0.304 e. The quantitative estimate of drug-likeness (QED) is 0.572. The third kappa shape index (κ3) is 11.1. The topological polar surface area (TPSA) is 81.1 Å². The van der Waals surface area contributed by atoms with Gasteiger partial charge >= 0.3 is 11.9 Å². The van der Waals surface area contributed by atoms with Gasteiger partial charge in [0.1, 0.15) is 0 Å². The molecule has 0 radical (unpaired) electrons. The molecule has 0 aliphatic rings. The molecule has 0 heterocycles. The van der Waals surface area contributed by atoms with Crippen molar-refractivity contribution in [3.05, 3.63) is 0 Å². The van der Waals surface area contributed by atoms with Gasteiger partial charge in [-0.15, -0.1) is 0 Å². The van der Waals surface area contributed by atoms with Crippen LogP contribution >= 0.6 is 0 Å². The molecule has 0 atom stereocenters. The zero-order chi connectivity index (χ0) is 13.3. The minimum absolute atomic E-state index is 0.158. The molecular weight excluding hydrogens is 224 g/mol. The Morgan fingerprint density at radius 3 is 1.47 bits per heavy atom. The van der Waals surface area contributed by atoms with Gasteiger partial charge in [-0.05, 0) is 33.6 Å². The van der Waals surface area contributed by atoms with Gasteiger partial charge in [0, 0.05) is 13.1 Å². The molecule has 0 spiro atoms. The summed E-state index contributed by atoms with van der Waals surface area (Å²) in [4.78, 5) is 24.6. The zero-order valence-electron chi connectivity index (χ0n) is 10.6. The Balaban J connectivity index is 3.48. The predicted octanol–water partition coefficient (Wildman–Crippen LogP) is 0.190. The summed E-state index contributed by atoms with van der Waals surface area (Å²) in [6.45, 7) is 2.75. The highest BCUT2D eigenvalue weighted by atomic mass is 16.4. The molecule has 17 heavy (non-hydrogen) atoms. The van der Waals surface area contributed by atoms with Crippen LogP contribution in [0.1, 0.15) is 19.3 Å². The lowest BCUT2D eigenvalue weighted by Gasteiger charge is -2.19. The van der Waals surface area contributed by atoms with Gasteiger partial charge < -0.3 is 20.0 Å². The Labute approximate surface area is 102 Å². The maximum absolute atomic E-state index is 10.3. The van der Waals surface area contributed by atoms with Crippen molar-refractivity contribution >= 4 is 11.9 Å². The van der Waals surface area contributed by atoms with Gasteiger partial charge in [0.15, 0.2) is 0 Å². The number of carboxylic acid groups (broad SMARTS) is 2. The van der Waals surface area contributed by atoms with Crippen molar-refractivity contribution in [2.24, 2.45) is 0 Å². The molecule has 6 nitrogen and oxygen atoms in total. The second-order valence-electron chi connectivity index (χ2n) is 4.25. The lowest BCUT2D eigenvalue weighted by atomic mass is 10.3. The zero-order valence-corrected chi connectivity index (χ0v) is 10.6. The molecule has 0 unspecified atom stereocenters. The van der Waals surface area contributed by atoms with Crippen molar-refractivity contribution < 1.29 is 19.8 Å². The summed E-state index contributed by atoms with van der Waals surface area (Å²) in [6.07, 6.45) is 1.23. The number of nitrogens with zero attached hydrogens (tertiary/aromatic N) is 2. The first-order valence-electron chi connectivity index (χ1n) is 5.72. The minimum atomic E-state index is -0.782. The molecule has 0 amide bonds. The number of carbonyl (C=O) groups is 2. The largest absolute Gasteiger partial charge is 0.481 e. The SMILES string of the molecule is CN(CCCN(C)CCC(=O)O)CCC(=O)O. The van der Waals surface area contributed by atoms with Gasteiger partial charge in [-0.3, -0.25) is 9.59 Å². The molecule has 0 bridgehead atoms. The summed E-state index contributed by atoms with van der Waals surface area (Å²) in [5.74, 6) is -1.56. The maximum atomic E-state index is 10.3. The van der Waals surface area contributed by atoms with Crippen LogP contribution in [-0.4, -0.2) is 72.2 Å². The van der Waals surface area contributed by atoms with Crippen molar-refractivity contribution in [2.75, 3.05) is 40.3 Å². The molecule has 0 aromatic rings. The Bertz CT molecular complexity index is 222. The van der Waals surface area contributed by atoms with E-state index in [1.165, 1.54) is 0 Å². The third-order valence-corrected chi connectivity index (χ3v) is 2.49. The molecule has 0 fully saturated rings. The van der Waals surface area contributed by atoms with Gasteiger partial charge in [-0.2, -0.15) is 0 Å². The highest BCUT2D eigenvalue weighted by Crippen LogP contribution is 1.94. The molecule has 100 valence electrons.